The van der Waals surface area contributed by atoms with E-state index < -0.39 is 0 Å². The van der Waals surface area contributed by atoms with Gasteiger partial charge in [-0.25, -0.2) is 0 Å². The number of rotatable bonds is 4. The fourth-order valence-corrected chi connectivity index (χ4v) is 2.49. The number of hydrogen-bond donors (Lipinski definition) is 0. The summed E-state index contributed by atoms with van der Waals surface area (Å²) in [5, 5.41) is 0. The molecule has 19 heavy (non-hydrogen) atoms. The predicted octanol–water partition coefficient (Wildman–Crippen LogP) is 4.46. The van der Waals surface area contributed by atoms with E-state index in [0.717, 1.165) is 19.4 Å². The maximum atomic E-state index is 5.69. The van der Waals surface area contributed by atoms with Crippen LogP contribution in [0.3, 0.4) is 0 Å². The van der Waals surface area contributed by atoms with Gasteiger partial charge in [0.1, 0.15) is 0 Å². The number of aryl methyl sites for hydroxylation is 1. The molecule has 1 heterocycles. The van der Waals surface area contributed by atoms with Crippen LogP contribution in [0.4, 0.5) is 0 Å². The molecule has 1 aromatic carbocycles. The Balaban J connectivity index is 1.98. The summed E-state index contributed by atoms with van der Waals surface area (Å²) in [5.41, 5.74) is 6.61. The number of benzene rings is 1. The van der Waals surface area contributed by atoms with Gasteiger partial charge in [0.25, 0.3) is 0 Å². The maximum absolute atomic E-state index is 5.69. The Bertz CT molecular complexity index is 486. The van der Waals surface area contributed by atoms with Crippen molar-refractivity contribution in [2.45, 2.75) is 38.7 Å². The lowest BCUT2D eigenvalue weighted by Crippen LogP contribution is -2.16. The Labute approximate surface area is 116 Å². The largest absolute Gasteiger partial charge is 0.374 e. The first kappa shape index (κ1) is 13.9. The minimum absolute atomic E-state index is 0.325. The molecule has 1 aromatic rings. The monoisotopic (exact) mass is 254 g/mol. The Morgan fingerprint density at radius 1 is 1.37 bits per heavy atom. The first-order valence-electron chi connectivity index (χ1n) is 7.02. The van der Waals surface area contributed by atoms with Gasteiger partial charge in [0.2, 0.25) is 0 Å². The van der Waals surface area contributed by atoms with E-state index in [0.29, 0.717) is 6.10 Å². The minimum atomic E-state index is 0.325. The van der Waals surface area contributed by atoms with E-state index in [1.165, 1.54) is 29.5 Å². The Morgan fingerprint density at radius 2 is 2.26 bits per heavy atom. The van der Waals surface area contributed by atoms with Crippen molar-refractivity contribution in [3.05, 3.63) is 59.4 Å². The van der Waals surface area contributed by atoms with Gasteiger partial charge < -0.3 is 4.74 Å². The molecule has 2 rings (SSSR count). The standard InChI is InChI=1S/C18H22O/c1-3-7-16-12-15(2)13-17(14-16)8-6-10-18-9-4-5-11-19-18/h6-7,10,12-14,18H,1,4-5,8-9,11H2,2H3/b10-6-. The molecule has 1 atom stereocenters. The average molecular weight is 254 g/mol. The maximum Gasteiger partial charge on any atom is 0.0755 e. The van der Waals surface area contributed by atoms with Crippen LogP contribution in [0.1, 0.15) is 36.0 Å². The van der Waals surface area contributed by atoms with Crippen LogP contribution >= 0.6 is 0 Å². The number of allylic oxidation sites excluding steroid dienone is 1. The van der Waals surface area contributed by atoms with Crippen molar-refractivity contribution in [2.75, 3.05) is 6.61 Å². The normalized spacial score (nSPS) is 19.3. The van der Waals surface area contributed by atoms with Crippen molar-refractivity contribution in [2.24, 2.45) is 0 Å². The van der Waals surface area contributed by atoms with Gasteiger partial charge in [0, 0.05) is 6.61 Å². The lowest BCUT2D eigenvalue weighted by molar-refractivity contribution is 0.0465. The molecule has 0 aromatic heterocycles. The molecule has 1 aliphatic rings. The van der Waals surface area contributed by atoms with Crippen LogP contribution in [0.25, 0.3) is 6.08 Å². The van der Waals surface area contributed by atoms with Crippen LogP contribution in [-0.4, -0.2) is 12.7 Å². The third-order valence-corrected chi connectivity index (χ3v) is 3.35. The zero-order chi connectivity index (χ0) is 13.5. The summed E-state index contributed by atoms with van der Waals surface area (Å²) in [6.07, 6.45) is 11.3. The number of ether oxygens (including phenoxy) is 1. The van der Waals surface area contributed by atoms with Crippen molar-refractivity contribution in [3.63, 3.8) is 0 Å². The topological polar surface area (TPSA) is 9.23 Å². The lowest BCUT2D eigenvalue weighted by atomic mass is 10.0. The highest BCUT2D eigenvalue weighted by Crippen LogP contribution is 2.15. The molecule has 1 heteroatoms. The van der Waals surface area contributed by atoms with Gasteiger partial charge in [-0.2, -0.15) is 0 Å². The van der Waals surface area contributed by atoms with Gasteiger partial charge in [-0.15, -0.1) is 5.73 Å². The summed E-state index contributed by atoms with van der Waals surface area (Å²) in [6.45, 7) is 6.66. The van der Waals surface area contributed by atoms with Crippen LogP contribution < -0.4 is 0 Å². The van der Waals surface area contributed by atoms with Crippen molar-refractivity contribution in [3.8, 4) is 0 Å². The van der Waals surface area contributed by atoms with Crippen molar-refractivity contribution >= 4 is 6.08 Å². The molecule has 100 valence electrons. The summed E-state index contributed by atoms with van der Waals surface area (Å²) >= 11 is 0. The molecule has 1 unspecified atom stereocenters. The van der Waals surface area contributed by atoms with Gasteiger partial charge in [0.15, 0.2) is 0 Å². The van der Waals surface area contributed by atoms with E-state index in [2.05, 4.69) is 49.6 Å². The Kier molecular flexibility index (Phi) is 5.20. The molecular formula is C18H22O. The van der Waals surface area contributed by atoms with E-state index in [1.54, 1.807) is 0 Å². The van der Waals surface area contributed by atoms with Crippen LogP contribution in [0, 0.1) is 6.92 Å². The molecule has 0 N–H and O–H groups in total. The smallest absolute Gasteiger partial charge is 0.0755 e. The average Bonchev–Trinajstić information content (AvgIpc) is 2.40. The SMILES string of the molecule is C=C=Cc1cc(C)cc(C/C=C\C2CCCCO2)c1. The van der Waals surface area contributed by atoms with Gasteiger partial charge >= 0.3 is 0 Å². The fraction of sp³-hybridized carbons (Fsp3) is 0.389. The third kappa shape index (κ3) is 4.55. The van der Waals surface area contributed by atoms with Crippen LogP contribution in [0.15, 0.2) is 42.7 Å². The zero-order valence-corrected chi connectivity index (χ0v) is 11.7. The van der Waals surface area contributed by atoms with E-state index in [1.807, 2.05) is 6.08 Å². The van der Waals surface area contributed by atoms with E-state index in [9.17, 15) is 0 Å². The van der Waals surface area contributed by atoms with E-state index >= 15 is 0 Å². The van der Waals surface area contributed by atoms with Gasteiger partial charge in [-0.05, 0) is 49.8 Å². The van der Waals surface area contributed by atoms with Crippen molar-refractivity contribution in [1.29, 1.82) is 0 Å². The fourth-order valence-electron chi connectivity index (χ4n) is 2.49. The first-order chi connectivity index (χ1) is 9.28. The van der Waals surface area contributed by atoms with Crippen molar-refractivity contribution < 1.29 is 4.74 Å². The molecule has 1 fully saturated rings. The summed E-state index contributed by atoms with van der Waals surface area (Å²) < 4.78 is 5.69. The molecule has 0 radical (unpaired) electrons. The van der Waals surface area contributed by atoms with E-state index in [-0.39, 0.29) is 0 Å². The summed E-state index contributed by atoms with van der Waals surface area (Å²) in [5.74, 6) is 0. The summed E-state index contributed by atoms with van der Waals surface area (Å²) in [4.78, 5) is 0. The van der Waals surface area contributed by atoms with Crippen molar-refractivity contribution in [1.82, 2.24) is 0 Å². The first-order valence-corrected chi connectivity index (χ1v) is 7.02. The molecule has 0 saturated carbocycles. The highest BCUT2D eigenvalue weighted by Gasteiger charge is 2.09. The van der Waals surface area contributed by atoms with Gasteiger partial charge in [-0.1, -0.05) is 42.5 Å². The molecule has 1 nitrogen and oxygen atoms in total. The summed E-state index contributed by atoms with van der Waals surface area (Å²) in [7, 11) is 0. The Hall–Kier alpha value is -1.56. The lowest BCUT2D eigenvalue weighted by Gasteiger charge is -2.19. The van der Waals surface area contributed by atoms with Crippen LogP contribution in [-0.2, 0) is 11.2 Å². The second-order valence-corrected chi connectivity index (χ2v) is 5.14. The second kappa shape index (κ2) is 7.13. The van der Waals surface area contributed by atoms with E-state index in [4.69, 9.17) is 4.74 Å². The zero-order valence-electron chi connectivity index (χ0n) is 11.7. The number of hydrogen-bond acceptors (Lipinski definition) is 1. The van der Waals surface area contributed by atoms with Gasteiger partial charge in [-0.3, -0.25) is 0 Å². The quantitative estimate of drug-likeness (QED) is 0.569. The Morgan fingerprint density at radius 3 is 3.00 bits per heavy atom. The second-order valence-electron chi connectivity index (χ2n) is 5.14. The molecule has 0 aliphatic carbocycles. The predicted molar refractivity (Wildman–Crippen MR) is 81.2 cm³/mol. The minimum Gasteiger partial charge on any atom is -0.374 e. The highest BCUT2D eigenvalue weighted by atomic mass is 16.5. The third-order valence-electron chi connectivity index (χ3n) is 3.35. The molecule has 1 aliphatic heterocycles. The molecular weight excluding hydrogens is 232 g/mol. The summed E-state index contributed by atoms with van der Waals surface area (Å²) in [6, 6.07) is 6.57. The van der Waals surface area contributed by atoms with Crippen LogP contribution in [0.5, 0.6) is 0 Å². The van der Waals surface area contributed by atoms with Crippen LogP contribution in [0.2, 0.25) is 0 Å². The molecule has 1 saturated heterocycles. The highest BCUT2D eigenvalue weighted by molar-refractivity contribution is 5.51. The molecule has 0 bridgehead atoms. The van der Waals surface area contributed by atoms with Gasteiger partial charge in [0.05, 0.1) is 6.10 Å². The molecule has 0 amide bonds. The molecule has 0 spiro atoms.